The Hall–Kier alpha value is -1.70. The molecule has 0 saturated heterocycles. The van der Waals surface area contributed by atoms with Crippen molar-refractivity contribution in [3.63, 3.8) is 0 Å². The van der Waals surface area contributed by atoms with Crippen molar-refractivity contribution in [3.05, 3.63) is 16.3 Å². The number of thiazole rings is 1. The summed E-state index contributed by atoms with van der Waals surface area (Å²) in [6.45, 7) is -0.551. The Morgan fingerprint density at radius 1 is 1.85 bits per heavy atom. The number of aliphatic carboxylic acids is 1. The van der Waals surface area contributed by atoms with Crippen LogP contribution in [0.25, 0.3) is 0 Å². The molecule has 0 fully saturated rings. The van der Waals surface area contributed by atoms with Crippen molar-refractivity contribution in [2.75, 3.05) is 6.61 Å². The van der Waals surface area contributed by atoms with Gasteiger partial charge >= 0.3 is 11.0 Å². The zero-order valence-electron chi connectivity index (χ0n) is 6.17. The third-order valence-corrected chi connectivity index (χ3v) is 1.83. The van der Waals surface area contributed by atoms with Gasteiger partial charge in [-0.25, -0.2) is 9.78 Å². The lowest BCUT2D eigenvalue weighted by Crippen LogP contribution is -2.08. The molecule has 1 N–H and O–H groups in total. The summed E-state index contributed by atoms with van der Waals surface area (Å²) < 4.78 is 4.60. The molecule has 0 radical (unpaired) electrons. The van der Waals surface area contributed by atoms with E-state index in [0.717, 1.165) is 6.20 Å². The Morgan fingerprint density at radius 3 is 3.00 bits per heavy atom. The summed E-state index contributed by atoms with van der Waals surface area (Å²) in [6.07, 6.45) is 1.02. The van der Waals surface area contributed by atoms with Gasteiger partial charge in [0.25, 0.3) is 5.19 Å². The van der Waals surface area contributed by atoms with E-state index in [0.29, 0.717) is 11.3 Å². The normalized spacial score (nSPS) is 9.54. The molecule has 0 aliphatic carbocycles. The number of hydrogen-bond acceptors (Lipinski definition) is 6. The number of carboxylic acid groups (broad SMARTS) is 1. The fourth-order valence-corrected chi connectivity index (χ4v) is 1.11. The molecule has 0 aromatic carbocycles. The van der Waals surface area contributed by atoms with Crippen molar-refractivity contribution < 1.29 is 19.6 Å². The fraction of sp³-hybridized carbons (Fsp3) is 0.200. The number of nitro groups is 1. The number of nitrogens with zero attached hydrogens (tertiary/aromatic N) is 2. The molecule has 0 atom stereocenters. The monoisotopic (exact) mass is 204 g/mol. The first-order chi connectivity index (χ1) is 6.09. The number of hydrogen-bond donors (Lipinski definition) is 1. The van der Waals surface area contributed by atoms with Crippen LogP contribution in [0.15, 0.2) is 6.20 Å². The molecule has 1 rings (SSSR count). The number of ether oxygens (including phenoxy) is 1. The van der Waals surface area contributed by atoms with Crippen molar-refractivity contribution in [2.45, 2.75) is 0 Å². The zero-order chi connectivity index (χ0) is 9.84. The predicted molar refractivity (Wildman–Crippen MR) is 41.9 cm³/mol. The average Bonchev–Trinajstić information content (AvgIpc) is 2.48. The number of aromatic nitrogens is 1. The first-order valence-electron chi connectivity index (χ1n) is 3.04. The molecule has 0 aliphatic heterocycles. The maximum atomic E-state index is 10.2. The number of carbonyl (C=O) groups is 1. The Balaban J connectivity index is 2.59. The highest BCUT2D eigenvalue weighted by atomic mass is 32.1. The van der Waals surface area contributed by atoms with Crippen LogP contribution in [0.2, 0.25) is 0 Å². The minimum atomic E-state index is -1.15. The van der Waals surface area contributed by atoms with Crippen LogP contribution in [0.3, 0.4) is 0 Å². The van der Waals surface area contributed by atoms with Gasteiger partial charge in [-0.15, -0.1) is 0 Å². The standard InChI is InChI=1S/C5H4N2O5S/c8-4(9)2-12-5-6-1-3(13-5)7(10)11/h1H,2H2,(H,8,9). The van der Waals surface area contributed by atoms with Crippen LogP contribution in [0.4, 0.5) is 5.00 Å². The Bertz CT molecular complexity index is 335. The van der Waals surface area contributed by atoms with Crippen molar-refractivity contribution >= 4 is 22.3 Å². The molecule has 13 heavy (non-hydrogen) atoms. The molecule has 0 saturated carbocycles. The molecule has 0 unspecified atom stereocenters. The summed E-state index contributed by atoms with van der Waals surface area (Å²) in [5.74, 6) is -1.15. The first kappa shape index (κ1) is 9.39. The van der Waals surface area contributed by atoms with Gasteiger partial charge in [0.1, 0.15) is 6.20 Å². The van der Waals surface area contributed by atoms with Crippen LogP contribution in [-0.4, -0.2) is 27.6 Å². The van der Waals surface area contributed by atoms with Crippen molar-refractivity contribution in [2.24, 2.45) is 0 Å². The summed E-state index contributed by atoms with van der Waals surface area (Å²) in [6, 6.07) is 0. The van der Waals surface area contributed by atoms with Crippen LogP contribution in [0, 0.1) is 10.1 Å². The van der Waals surface area contributed by atoms with E-state index in [2.05, 4.69) is 9.72 Å². The summed E-state index contributed by atoms with van der Waals surface area (Å²) >= 11 is 0.687. The zero-order valence-corrected chi connectivity index (χ0v) is 6.98. The second-order valence-electron chi connectivity index (χ2n) is 1.90. The minimum Gasteiger partial charge on any atom is -0.479 e. The number of carboxylic acids is 1. The molecule has 1 aromatic heterocycles. The predicted octanol–water partition coefficient (Wildman–Crippen LogP) is 0.515. The smallest absolute Gasteiger partial charge is 0.347 e. The lowest BCUT2D eigenvalue weighted by molar-refractivity contribution is -0.380. The highest BCUT2D eigenvalue weighted by Crippen LogP contribution is 2.26. The van der Waals surface area contributed by atoms with E-state index in [9.17, 15) is 14.9 Å². The molecule has 0 aliphatic rings. The van der Waals surface area contributed by atoms with Crippen molar-refractivity contribution in [3.8, 4) is 5.19 Å². The Morgan fingerprint density at radius 2 is 2.54 bits per heavy atom. The summed E-state index contributed by atoms with van der Waals surface area (Å²) in [5, 5.41) is 18.2. The van der Waals surface area contributed by atoms with Gasteiger partial charge in [0, 0.05) is 0 Å². The first-order valence-corrected chi connectivity index (χ1v) is 3.86. The van der Waals surface area contributed by atoms with Crippen LogP contribution < -0.4 is 4.74 Å². The van der Waals surface area contributed by atoms with E-state index in [1.54, 1.807) is 0 Å². The van der Waals surface area contributed by atoms with Crippen LogP contribution in [-0.2, 0) is 4.79 Å². The molecule has 0 spiro atoms. The van der Waals surface area contributed by atoms with Gasteiger partial charge in [-0.1, -0.05) is 0 Å². The van der Waals surface area contributed by atoms with Gasteiger partial charge in [0.05, 0.1) is 4.92 Å². The van der Waals surface area contributed by atoms with Crippen LogP contribution in [0.1, 0.15) is 0 Å². The van der Waals surface area contributed by atoms with Gasteiger partial charge in [-0.3, -0.25) is 10.1 Å². The topological polar surface area (TPSA) is 103 Å². The lowest BCUT2D eigenvalue weighted by Gasteiger charge is -1.93. The van der Waals surface area contributed by atoms with E-state index in [4.69, 9.17) is 5.11 Å². The van der Waals surface area contributed by atoms with E-state index in [1.807, 2.05) is 0 Å². The van der Waals surface area contributed by atoms with Gasteiger partial charge in [0.2, 0.25) is 0 Å². The van der Waals surface area contributed by atoms with Gasteiger partial charge in [-0.05, 0) is 11.3 Å². The highest BCUT2D eigenvalue weighted by molar-refractivity contribution is 7.16. The number of rotatable bonds is 4. The molecule has 7 nitrogen and oxygen atoms in total. The van der Waals surface area contributed by atoms with E-state index >= 15 is 0 Å². The van der Waals surface area contributed by atoms with Gasteiger partial charge < -0.3 is 9.84 Å². The second kappa shape index (κ2) is 3.81. The lowest BCUT2D eigenvalue weighted by atomic mass is 10.7. The Labute approximate surface area is 75.7 Å². The molecule has 1 heterocycles. The summed E-state index contributed by atoms with van der Waals surface area (Å²) in [7, 11) is 0. The van der Waals surface area contributed by atoms with E-state index in [-0.39, 0.29) is 10.2 Å². The van der Waals surface area contributed by atoms with Gasteiger partial charge in [-0.2, -0.15) is 0 Å². The molecule has 1 aromatic rings. The molecular weight excluding hydrogens is 200 g/mol. The Kier molecular flexibility index (Phi) is 2.75. The van der Waals surface area contributed by atoms with E-state index < -0.39 is 17.5 Å². The minimum absolute atomic E-state index is 0.0194. The summed E-state index contributed by atoms with van der Waals surface area (Å²) in [4.78, 5) is 23.1. The third-order valence-electron chi connectivity index (χ3n) is 0.971. The highest BCUT2D eigenvalue weighted by Gasteiger charge is 2.12. The van der Waals surface area contributed by atoms with E-state index in [1.165, 1.54) is 0 Å². The molecular formula is C5H4N2O5S. The van der Waals surface area contributed by atoms with Crippen LogP contribution in [0.5, 0.6) is 5.19 Å². The maximum Gasteiger partial charge on any atom is 0.347 e. The molecule has 0 amide bonds. The maximum absolute atomic E-state index is 10.2. The summed E-state index contributed by atoms with van der Waals surface area (Å²) in [5.41, 5.74) is 0. The average molecular weight is 204 g/mol. The van der Waals surface area contributed by atoms with Gasteiger partial charge in [0.15, 0.2) is 6.61 Å². The molecule has 0 bridgehead atoms. The fourth-order valence-electron chi connectivity index (χ4n) is 0.525. The molecule has 8 heteroatoms. The van der Waals surface area contributed by atoms with Crippen molar-refractivity contribution in [1.29, 1.82) is 0 Å². The largest absolute Gasteiger partial charge is 0.479 e. The van der Waals surface area contributed by atoms with Crippen molar-refractivity contribution in [1.82, 2.24) is 4.98 Å². The molecule has 70 valence electrons. The van der Waals surface area contributed by atoms with Crippen LogP contribution >= 0.6 is 11.3 Å². The quantitative estimate of drug-likeness (QED) is 0.566. The second-order valence-corrected chi connectivity index (χ2v) is 2.88. The third kappa shape index (κ3) is 2.67. The SMILES string of the molecule is O=C(O)COc1ncc([N+](=O)[O-])s1.